The van der Waals surface area contributed by atoms with E-state index in [2.05, 4.69) is 9.56 Å². The average Bonchev–Trinajstić information content (AvgIpc) is 3.41. The number of hydrogen-bond acceptors (Lipinski definition) is 7. The van der Waals surface area contributed by atoms with Crippen molar-refractivity contribution in [3.63, 3.8) is 0 Å². The molecule has 43 heavy (non-hydrogen) atoms. The Hall–Kier alpha value is -4.21. The number of carbonyl (C=O) groups is 2. The van der Waals surface area contributed by atoms with Crippen LogP contribution in [0.5, 0.6) is 0 Å². The average molecular weight is 618 g/mol. The molecule has 8 nitrogen and oxygen atoms in total. The number of ether oxygens (including phenoxy) is 2. The van der Waals surface area contributed by atoms with Crippen LogP contribution in [-0.2, 0) is 14.3 Å². The van der Waals surface area contributed by atoms with Crippen molar-refractivity contribution < 1.29 is 19.1 Å². The van der Waals surface area contributed by atoms with Gasteiger partial charge in [0, 0.05) is 22.1 Å². The lowest BCUT2D eigenvalue weighted by Crippen LogP contribution is -2.40. The molecule has 0 amide bonds. The lowest BCUT2D eigenvalue weighted by Gasteiger charge is -2.25. The maximum Gasteiger partial charge on any atom is 0.338 e. The van der Waals surface area contributed by atoms with E-state index in [1.165, 1.54) is 18.4 Å². The topological polar surface area (TPSA) is 91.9 Å². The molecule has 0 unspecified atom stereocenters. The van der Waals surface area contributed by atoms with Crippen molar-refractivity contribution in [1.29, 1.82) is 0 Å². The summed E-state index contributed by atoms with van der Waals surface area (Å²) in [6.07, 6.45) is 1.52. The highest BCUT2D eigenvalue weighted by Crippen LogP contribution is 2.32. The maximum absolute atomic E-state index is 14.1. The number of carbonyl (C=O) groups excluding carboxylic acids is 2. The first-order valence-electron chi connectivity index (χ1n) is 13.8. The van der Waals surface area contributed by atoms with Crippen molar-refractivity contribution in [3.05, 3.63) is 118 Å². The van der Waals surface area contributed by atoms with E-state index in [0.717, 1.165) is 33.8 Å². The first-order valence-corrected chi connectivity index (χ1v) is 15.0. The van der Waals surface area contributed by atoms with E-state index in [-0.39, 0.29) is 11.7 Å². The van der Waals surface area contributed by atoms with E-state index in [1.807, 2.05) is 57.2 Å². The summed E-state index contributed by atoms with van der Waals surface area (Å²) in [5.41, 5.74) is 6.10. The highest BCUT2D eigenvalue weighted by molar-refractivity contribution is 7.07. The van der Waals surface area contributed by atoms with Crippen molar-refractivity contribution in [1.82, 2.24) is 9.13 Å². The Morgan fingerprint density at radius 1 is 1.05 bits per heavy atom. The SMILES string of the molecule is COC(=O)c1cccc(-n2c(C)cc(/C=c3/sc4n(c3=O)[C@H](c3ccc(Cl)cc3)C(C(=O)OC(C)C)=C(C)N=4)c2C)c1C. The number of fused-ring (bicyclic) bond motifs is 1. The van der Waals surface area contributed by atoms with E-state index in [4.69, 9.17) is 21.1 Å². The number of hydrogen-bond donors (Lipinski definition) is 0. The van der Waals surface area contributed by atoms with Gasteiger partial charge in [-0.1, -0.05) is 41.1 Å². The molecule has 0 N–H and O–H groups in total. The second-order valence-corrected chi connectivity index (χ2v) is 12.1. The molecule has 1 atom stereocenters. The first-order chi connectivity index (χ1) is 20.4. The Morgan fingerprint density at radius 2 is 1.74 bits per heavy atom. The molecule has 10 heteroatoms. The van der Waals surface area contributed by atoms with E-state index in [9.17, 15) is 14.4 Å². The fraction of sp³-hybridized carbons (Fsp3) is 0.273. The summed E-state index contributed by atoms with van der Waals surface area (Å²) in [5, 5.41) is 0.547. The molecular weight excluding hydrogens is 586 g/mol. The number of thiazole rings is 1. The normalized spacial score (nSPS) is 15.0. The Bertz CT molecular complexity index is 1980. The minimum atomic E-state index is -0.724. The van der Waals surface area contributed by atoms with Crippen LogP contribution in [0.4, 0.5) is 0 Å². The van der Waals surface area contributed by atoms with Crippen molar-refractivity contribution in [2.45, 2.75) is 53.7 Å². The molecule has 1 aliphatic heterocycles. The van der Waals surface area contributed by atoms with Crippen LogP contribution >= 0.6 is 22.9 Å². The molecule has 5 rings (SSSR count). The summed E-state index contributed by atoms with van der Waals surface area (Å²) in [5.74, 6) is -0.913. The summed E-state index contributed by atoms with van der Waals surface area (Å²) in [7, 11) is 1.36. The van der Waals surface area contributed by atoms with Gasteiger partial charge in [-0.15, -0.1) is 0 Å². The van der Waals surface area contributed by atoms with Crippen molar-refractivity contribution in [3.8, 4) is 5.69 Å². The summed E-state index contributed by atoms with van der Waals surface area (Å²) in [4.78, 5) is 44.9. The molecule has 222 valence electrons. The van der Waals surface area contributed by atoms with Crippen LogP contribution in [-0.4, -0.2) is 34.3 Å². The molecule has 0 saturated carbocycles. The molecular formula is C33H32ClN3O5S. The van der Waals surface area contributed by atoms with Crippen molar-refractivity contribution in [2.24, 2.45) is 4.99 Å². The van der Waals surface area contributed by atoms with Crippen LogP contribution in [0.2, 0.25) is 5.02 Å². The zero-order valence-corrected chi connectivity index (χ0v) is 26.6. The van der Waals surface area contributed by atoms with Crippen LogP contribution < -0.4 is 14.9 Å². The number of aryl methyl sites for hydroxylation is 1. The smallest absolute Gasteiger partial charge is 0.338 e. The van der Waals surface area contributed by atoms with Gasteiger partial charge in [0.25, 0.3) is 5.56 Å². The molecule has 0 spiro atoms. The first kappa shape index (κ1) is 30.3. The molecule has 0 bridgehead atoms. The molecule has 2 aromatic carbocycles. The molecule has 0 aliphatic carbocycles. The third kappa shape index (κ3) is 5.50. The molecule has 0 radical (unpaired) electrons. The summed E-state index contributed by atoms with van der Waals surface area (Å²) in [6.45, 7) is 11.2. The van der Waals surface area contributed by atoms with Gasteiger partial charge in [-0.2, -0.15) is 0 Å². The van der Waals surface area contributed by atoms with Gasteiger partial charge in [-0.05, 0) is 94.6 Å². The number of methoxy groups -OCH3 is 1. The highest BCUT2D eigenvalue weighted by atomic mass is 35.5. The zero-order valence-electron chi connectivity index (χ0n) is 25.0. The number of aromatic nitrogens is 2. The van der Waals surface area contributed by atoms with E-state index in [1.54, 1.807) is 43.5 Å². The van der Waals surface area contributed by atoms with Crippen LogP contribution in [0.1, 0.15) is 65.2 Å². The van der Waals surface area contributed by atoms with Crippen molar-refractivity contribution in [2.75, 3.05) is 7.11 Å². The Morgan fingerprint density at radius 3 is 2.40 bits per heavy atom. The Labute approximate surface area is 258 Å². The minimum absolute atomic E-state index is 0.264. The fourth-order valence-electron chi connectivity index (χ4n) is 5.46. The van der Waals surface area contributed by atoms with E-state index >= 15 is 0 Å². The molecule has 4 aromatic rings. The number of nitrogens with zero attached hydrogens (tertiary/aromatic N) is 3. The molecule has 0 fully saturated rings. The third-order valence-corrected chi connectivity index (χ3v) is 8.71. The fourth-order valence-corrected chi connectivity index (χ4v) is 6.63. The summed E-state index contributed by atoms with van der Waals surface area (Å²) >= 11 is 7.44. The van der Waals surface area contributed by atoms with Gasteiger partial charge < -0.3 is 14.0 Å². The Balaban J connectivity index is 1.68. The second-order valence-electron chi connectivity index (χ2n) is 10.7. The van der Waals surface area contributed by atoms with Crippen LogP contribution in [0.15, 0.2) is 69.6 Å². The van der Waals surface area contributed by atoms with Gasteiger partial charge >= 0.3 is 11.9 Å². The molecule has 1 aliphatic rings. The lowest BCUT2D eigenvalue weighted by molar-refractivity contribution is -0.143. The summed E-state index contributed by atoms with van der Waals surface area (Å²) < 4.78 is 14.6. The third-order valence-electron chi connectivity index (χ3n) is 7.48. The maximum atomic E-state index is 14.1. The van der Waals surface area contributed by atoms with Crippen LogP contribution in [0, 0.1) is 20.8 Å². The highest BCUT2D eigenvalue weighted by Gasteiger charge is 2.34. The quantitative estimate of drug-likeness (QED) is 0.272. The van der Waals surface area contributed by atoms with Gasteiger partial charge in [-0.3, -0.25) is 9.36 Å². The van der Waals surface area contributed by atoms with Gasteiger partial charge in [0.15, 0.2) is 4.80 Å². The van der Waals surface area contributed by atoms with Crippen LogP contribution in [0.25, 0.3) is 11.8 Å². The number of esters is 2. The van der Waals surface area contributed by atoms with E-state index < -0.39 is 18.0 Å². The van der Waals surface area contributed by atoms with Gasteiger partial charge in [-0.25, -0.2) is 14.6 Å². The van der Waals surface area contributed by atoms with Gasteiger partial charge in [0.2, 0.25) is 0 Å². The van der Waals surface area contributed by atoms with Gasteiger partial charge in [0.05, 0.1) is 40.6 Å². The van der Waals surface area contributed by atoms with E-state index in [0.29, 0.717) is 31.2 Å². The van der Waals surface area contributed by atoms with Crippen molar-refractivity contribution >= 4 is 41.0 Å². The monoisotopic (exact) mass is 617 g/mol. The minimum Gasteiger partial charge on any atom is -0.465 e. The largest absolute Gasteiger partial charge is 0.465 e. The number of benzene rings is 2. The predicted octanol–water partition coefficient (Wildman–Crippen LogP) is 5.34. The molecule has 3 heterocycles. The number of rotatable bonds is 6. The molecule has 0 saturated heterocycles. The van der Waals surface area contributed by atoms with Crippen LogP contribution in [0.3, 0.4) is 0 Å². The Kier molecular flexibility index (Phi) is 8.31. The number of allylic oxidation sites excluding steroid dienone is 1. The lowest BCUT2D eigenvalue weighted by atomic mass is 9.96. The van der Waals surface area contributed by atoms with Gasteiger partial charge in [0.1, 0.15) is 0 Å². The predicted molar refractivity (Wildman–Crippen MR) is 168 cm³/mol. The second kappa shape index (κ2) is 11.8. The number of halogens is 1. The standard InChI is InChI=1S/C33H32ClN3O5S/c1-17(2)42-32(40)28-20(5)35-33-37(29(28)22-11-13-24(34)14-12-22)30(38)27(43-33)16-23-15-18(3)36(21(23)6)26-10-8-9-25(19(26)4)31(39)41-7/h8-17,29H,1-7H3/b27-16+/t29-/m1/s1. The molecule has 2 aromatic heterocycles. The summed E-state index contributed by atoms with van der Waals surface area (Å²) in [6, 6.07) is 13.9. The zero-order chi connectivity index (χ0) is 31.2.